The molecule has 13 heavy (non-hydrogen) atoms. The summed E-state index contributed by atoms with van der Waals surface area (Å²) in [5.41, 5.74) is 0. The van der Waals surface area contributed by atoms with E-state index in [-0.39, 0.29) is 12.0 Å². The van der Waals surface area contributed by atoms with Crippen LogP contribution in [0.2, 0.25) is 0 Å². The van der Waals surface area contributed by atoms with Crippen LogP contribution in [0.3, 0.4) is 0 Å². The standard InChI is InChI=1S/C10H17NO2/c12-10(13)8-5-6-9(8)11-7-3-1-2-4-7/h7-9,11H,1-6H2,(H,12,13). The van der Waals surface area contributed by atoms with Gasteiger partial charge in [-0.15, -0.1) is 0 Å². The van der Waals surface area contributed by atoms with E-state index >= 15 is 0 Å². The quantitative estimate of drug-likeness (QED) is 0.695. The Kier molecular flexibility index (Phi) is 2.54. The van der Waals surface area contributed by atoms with E-state index < -0.39 is 5.97 Å². The topological polar surface area (TPSA) is 49.3 Å². The number of hydrogen-bond donors (Lipinski definition) is 2. The molecule has 2 aliphatic rings. The number of hydrogen-bond acceptors (Lipinski definition) is 2. The monoisotopic (exact) mass is 183 g/mol. The zero-order valence-corrected chi connectivity index (χ0v) is 7.83. The van der Waals surface area contributed by atoms with Crippen molar-refractivity contribution in [1.82, 2.24) is 5.32 Å². The molecule has 0 amide bonds. The highest BCUT2D eigenvalue weighted by atomic mass is 16.4. The highest BCUT2D eigenvalue weighted by Crippen LogP contribution is 2.30. The van der Waals surface area contributed by atoms with Gasteiger partial charge in [0.2, 0.25) is 0 Å². The Balaban J connectivity index is 1.78. The number of nitrogens with one attached hydrogen (secondary N) is 1. The van der Waals surface area contributed by atoms with Crippen molar-refractivity contribution < 1.29 is 9.90 Å². The van der Waals surface area contributed by atoms with Crippen LogP contribution < -0.4 is 5.32 Å². The molecular formula is C10H17NO2. The molecule has 0 aliphatic heterocycles. The number of carboxylic acids is 1. The van der Waals surface area contributed by atoms with E-state index in [2.05, 4.69) is 5.32 Å². The van der Waals surface area contributed by atoms with Crippen molar-refractivity contribution in [2.45, 2.75) is 50.6 Å². The first-order valence-corrected chi connectivity index (χ1v) is 5.26. The van der Waals surface area contributed by atoms with Crippen molar-refractivity contribution in [2.24, 2.45) is 5.92 Å². The largest absolute Gasteiger partial charge is 0.481 e. The van der Waals surface area contributed by atoms with Crippen LogP contribution in [0.15, 0.2) is 0 Å². The summed E-state index contributed by atoms with van der Waals surface area (Å²) in [7, 11) is 0. The van der Waals surface area contributed by atoms with Gasteiger partial charge in [-0.3, -0.25) is 4.79 Å². The zero-order valence-electron chi connectivity index (χ0n) is 7.83. The lowest BCUT2D eigenvalue weighted by Crippen LogP contribution is -2.50. The minimum Gasteiger partial charge on any atom is -0.481 e. The predicted molar refractivity (Wildman–Crippen MR) is 49.5 cm³/mol. The summed E-state index contributed by atoms with van der Waals surface area (Å²) >= 11 is 0. The zero-order chi connectivity index (χ0) is 9.26. The van der Waals surface area contributed by atoms with Crippen molar-refractivity contribution in [1.29, 1.82) is 0 Å². The lowest BCUT2D eigenvalue weighted by molar-refractivity contribution is -0.146. The molecule has 3 heteroatoms. The molecule has 2 unspecified atom stereocenters. The molecule has 2 aliphatic carbocycles. The van der Waals surface area contributed by atoms with Crippen molar-refractivity contribution in [2.75, 3.05) is 0 Å². The molecule has 2 rings (SSSR count). The molecule has 0 spiro atoms. The van der Waals surface area contributed by atoms with Crippen molar-refractivity contribution in [3.05, 3.63) is 0 Å². The second-order valence-corrected chi connectivity index (χ2v) is 4.28. The summed E-state index contributed by atoms with van der Waals surface area (Å²) in [6.45, 7) is 0. The van der Waals surface area contributed by atoms with Gasteiger partial charge in [0.05, 0.1) is 5.92 Å². The third-order valence-corrected chi connectivity index (χ3v) is 3.40. The Morgan fingerprint density at radius 2 is 1.85 bits per heavy atom. The van der Waals surface area contributed by atoms with Crippen molar-refractivity contribution in [3.8, 4) is 0 Å². The van der Waals surface area contributed by atoms with Crippen LogP contribution in [-0.2, 0) is 4.79 Å². The van der Waals surface area contributed by atoms with E-state index in [0.717, 1.165) is 12.8 Å². The molecule has 3 nitrogen and oxygen atoms in total. The van der Waals surface area contributed by atoms with Gasteiger partial charge in [-0.25, -0.2) is 0 Å². The van der Waals surface area contributed by atoms with Crippen LogP contribution >= 0.6 is 0 Å². The molecule has 0 aromatic rings. The molecule has 0 bridgehead atoms. The lowest BCUT2D eigenvalue weighted by atomic mass is 9.79. The molecule has 0 saturated heterocycles. The second kappa shape index (κ2) is 3.66. The van der Waals surface area contributed by atoms with Crippen LogP contribution in [-0.4, -0.2) is 23.2 Å². The van der Waals surface area contributed by atoms with E-state index in [9.17, 15) is 4.79 Å². The van der Waals surface area contributed by atoms with E-state index in [1.165, 1.54) is 25.7 Å². The first-order valence-electron chi connectivity index (χ1n) is 5.26. The van der Waals surface area contributed by atoms with Gasteiger partial charge in [0, 0.05) is 12.1 Å². The van der Waals surface area contributed by atoms with Gasteiger partial charge >= 0.3 is 5.97 Å². The SMILES string of the molecule is O=C(O)C1CCC1NC1CCCC1. The highest BCUT2D eigenvalue weighted by molar-refractivity contribution is 5.72. The first kappa shape index (κ1) is 9.00. The second-order valence-electron chi connectivity index (χ2n) is 4.28. The third-order valence-electron chi connectivity index (χ3n) is 3.40. The van der Waals surface area contributed by atoms with Crippen LogP contribution in [0.5, 0.6) is 0 Å². The molecule has 0 heterocycles. The van der Waals surface area contributed by atoms with Gasteiger partial charge in [0.25, 0.3) is 0 Å². The van der Waals surface area contributed by atoms with Crippen LogP contribution in [0.1, 0.15) is 38.5 Å². The summed E-state index contributed by atoms with van der Waals surface area (Å²) in [6, 6.07) is 0.868. The summed E-state index contributed by atoms with van der Waals surface area (Å²) in [6.07, 6.45) is 7.00. The normalized spacial score (nSPS) is 34.5. The van der Waals surface area contributed by atoms with E-state index in [1.807, 2.05) is 0 Å². The van der Waals surface area contributed by atoms with Gasteiger partial charge in [0.1, 0.15) is 0 Å². The van der Waals surface area contributed by atoms with E-state index in [0.29, 0.717) is 6.04 Å². The molecule has 2 fully saturated rings. The summed E-state index contributed by atoms with van der Waals surface area (Å²) in [5, 5.41) is 12.3. The fourth-order valence-electron chi connectivity index (χ4n) is 2.39. The lowest BCUT2D eigenvalue weighted by Gasteiger charge is -2.36. The van der Waals surface area contributed by atoms with Gasteiger partial charge < -0.3 is 10.4 Å². The van der Waals surface area contributed by atoms with Gasteiger partial charge in [-0.1, -0.05) is 12.8 Å². The third kappa shape index (κ3) is 1.85. The Hall–Kier alpha value is -0.570. The molecule has 2 saturated carbocycles. The molecule has 2 atom stereocenters. The van der Waals surface area contributed by atoms with Gasteiger partial charge in [-0.05, 0) is 25.7 Å². The van der Waals surface area contributed by atoms with Gasteiger partial charge in [-0.2, -0.15) is 0 Å². The first-order chi connectivity index (χ1) is 6.27. The number of carbonyl (C=O) groups is 1. The minimum atomic E-state index is -0.623. The van der Waals surface area contributed by atoms with Crippen LogP contribution in [0, 0.1) is 5.92 Å². The molecule has 0 aromatic heterocycles. The fourth-order valence-corrected chi connectivity index (χ4v) is 2.39. The maximum atomic E-state index is 10.7. The highest BCUT2D eigenvalue weighted by Gasteiger charge is 2.37. The molecule has 74 valence electrons. The minimum absolute atomic E-state index is 0.111. The van der Waals surface area contributed by atoms with Crippen molar-refractivity contribution in [3.63, 3.8) is 0 Å². The smallest absolute Gasteiger partial charge is 0.308 e. The Morgan fingerprint density at radius 3 is 2.31 bits per heavy atom. The maximum absolute atomic E-state index is 10.7. The summed E-state index contributed by atoms with van der Waals surface area (Å²) in [4.78, 5) is 10.7. The summed E-state index contributed by atoms with van der Waals surface area (Å²) in [5.74, 6) is -0.734. The van der Waals surface area contributed by atoms with Gasteiger partial charge in [0.15, 0.2) is 0 Å². The fraction of sp³-hybridized carbons (Fsp3) is 0.900. The summed E-state index contributed by atoms with van der Waals surface area (Å²) < 4.78 is 0. The average Bonchev–Trinajstić information content (AvgIpc) is 2.48. The van der Waals surface area contributed by atoms with Crippen molar-refractivity contribution >= 4 is 5.97 Å². The molecular weight excluding hydrogens is 166 g/mol. The number of rotatable bonds is 3. The molecule has 0 aromatic carbocycles. The Labute approximate surface area is 78.5 Å². The average molecular weight is 183 g/mol. The number of aliphatic carboxylic acids is 1. The van der Waals surface area contributed by atoms with E-state index in [1.54, 1.807) is 0 Å². The molecule has 0 radical (unpaired) electrons. The van der Waals surface area contributed by atoms with Crippen LogP contribution in [0.4, 0.5) is 0 Å². The predicted octanol–water partition coefficient (Wildman–Crippen LogP) is 1.38. The Bertz CT molecular complexity index is 199. The van der Waals surface area contributed by atoms with Crippen LogP contribution in [0.25, 0.3) is 0 Å². The maximum Gasteiger partial charge on any atom is 0.308 e. The number of carboxylic acid groups (broad SMARTS) is 1. The molecule has 2 N–H and O–H groups in total. The van der Waals surface area contributed by atoms with E-state index in [4.69, 9.17) is 5.11 Å². The Morgan fingerprint density at radius 1 is 1.15 bits per heavy atom.